The Morgan fingerprint density at radius 2 is 2.00 bits per heavy atom. The minimum absolute atomic E-state index is 0.00747. The molecule has 0 N–H and O–H groups in total. The highest BCUT2D eigenvalue weighted by molar-refractivity contribution is 6.29. The molecule has 0 fully saturated rings. The summed E-state index contributed by atoms with van der Waals surface area (Å²) >= 11 is 5.71. The maximum atomic E-state index is 12.7. The second-order valence-electron chi connectivity index (χ2n) is 4.40. The van der Waals surface area contributed by atoms with E-state index in [0.717, 1.165) is 12.1 Å². The van der Waals surface area contributed by atoms with Crippen LogP contribution >= 0.6 is 11.6 Å². The molecule has 0 unspecified atom stereocenters. The minimum Gasteiger partial charge on any atom is -0.431 e. The molecule has 0 saturated carbocycles. The van der Waals surface area contributed by atoms with Crippen LogP contribution in [0.2, 0.25) is 5.15 Å². The summed E-state index contributed by atoms with van der Waals surface area (Å²) in [4.78, 5) is 17.8. The molecule has 0 aliphatic rings. The van der Waals surface area contributed by atoms with E-state index in [4.69, 9.17) is 16.3 Å². The van der Waals surface area contributed by atoms with Gasteiger partial charge in [0.2, 0.25) is 0 Å². The van der Waals surface area contributed by atoms with Crippen LogP contribution in [-0.4, -0.2) is 14.9 Å². The predicted molar refractivity (Wildman–Crippen MR) is 74.6 cm³/mol. The monoisotopic (exact) mass is 329 g/mol. The van der Waals surface area contributed by atoms with E-state index in [1.165, 1.54) is 19.9 Å². The average Bonchev–Trinajstić information content (AvgIpc) is 2.42. The average molecular weight is 330 g/mol. The number of alkyl halides is 2. The summed E-state index contributed by atoms with van der Waals surface area (Å²) < 4.78 is 30.8. The van der Waals surface area contributed by atoms with Gasteiger partial charge in [0.15, 0.2) is 5.75 Å². The van der Waals surface area contributed by atoms with Crippen molar-refractivity contribution < 1.29 is 18.4 Å². The second kappa shape index (κ2) is 6.18. The fourth-order valence-corrected chi connectivity index (χ4v) is 1.98. The van der Waals surface area contributed by atoms with Crippen molar-refractivity contribution in [3.05, 3.63) is 50.4 Å². The number of aromatic nitrogens is 2. The zero-order valence-corrected chi connectivity index (χ0v) is 12.3. The van der Waals surface area contributed by atoms with Crippen LogP contribution in [-0.2, 0) is 0 Å². The highest BCUT2D eigenvalue weighted by atomic mass is 35.5. The van der Waals surface area contributed by atoms with Gasteiger partial charge in [-0.25, -0.2) is 13.8 Å². The second-order valence-corrected chi connectivity index (χ2v) is 4.78. The topological polar surface area (TPSA) is 78.2 Å². The summed E-state index contributed by atoms with van der Waals surface area (Å²) in [5.41, 5.74) is -0.248. The van der Waals surface area contributed by atoms with E-state index in [-0.39, 0.29) is 28.2 Å². The maximum absolute atomic E-state index is 12.7. The van der Waals surface area contributed by atoms with Gasteiger partial charge in [-0.15, -0.1) is 0 Å². The van der Waals surface area contributed by atoms with Gasteiger partial charge in [-0.3, -0.25) is 10.1 Å². The Morgan fingerprint density at radius 3 is 2.55 bits per heavy atom. The van der Waals surface area contributed by atoms with Crippen LogP contribution in [0.5, 0.6) is 11.6 Å². The Hall–Kier alpha value is -2.35. The van der Waals surface area contributed by atoms with E-state index in [1.807, 2.05) is 0 Å². The van der Waals surface area contributed by atoms with Crippen molar-refractivity contribution in [2.24, 2.45) is 0 Å². The molecule has 116 valence electrons. The van der Waals surface area contributed by atoms with Gasteiger partial charge < -0.3 is 4.74 Å². The molecule has 2 aromatic heterocycles. The summed E-state index contributed by atoms with van der Waals surface area (Å²) in [6, 6.07) is 3.56. The van der Waals surface area contributed by atoms with Crippen molar-refractivity contribution in [1.82, 2.24) is 9.97 Å². The molecule has 0 saturated heterocycles. The number of nitrogens with zero attached hydrogens (tertiary/aromatic N) is 3. The highest BCUT2D eigenvalue weighted by Crippen LogP contribution is 2.34. The standard InChI is InChI=1S/C13H10ClF2N3O3/c1-6-5-8(12(15)16)17-7(2)11(6)22-13-9(19(20)21)3-4-10(14)18-13/h3-5,12H,1-2H3. The number of hydrogen-bond acceptors (Lipinski definition) is 5. The molecule has 2 aromatic rings. The van der Waals surface area contributed by atoms with Gasteiger partial charge in [0.25, 0.3) is 6.43 Å². The van der Waals surface area contributed by atoms with Crippen LogP contribution < -0.4 is 4.74 Å². The van der Waals surface area contributed by atoms with E-state index in [2.05, 4.69) is 9.97 Å². The summed E-state index contributed by atoms with van der Waals surface area (Å²) in [5, 5.41) is 11.0. The molecule has 0 spiro atoms. The largest absolute Gasteiger partial charge is 0.431 e. The van der Waals surface area contributed by atoms with E-state index >= 15 is 0 Å². The van der Waals surface area contributed by atoms with Gasteiger partial charge in [0.05, 0.1) is 10.6 Å². The van der Waals surface area contributed by atoms with Crippen LogP contribution in [0.15, 0.2) is 18.2 Å². The van der Waals surface area contributed by atoms with Crippen molar-refractivity contribution in [3.8, 4) is 11.6 Å². The van der Waals surface area contributed by atoms with Gasteiger partial charge in [-0.2, -0.15) is 4.98 Å². The molecule has 0 atom stereocenters. The van der Waals surface area contributed by atoms with Gasteiger partial charge in [0, 0.05) is 6.07 Å². The quantitative estimate of drug-likeness (QED) is 0.472. The molecule has 2 rings (SSSR count). The summed E-state index contributed by atoms with van der Waals surface area (Å²) in [5.74, 6) is -0.197. The Morgan fingerprint density at radius 1 is 1.32 bits per heavy atom. The third-order valence-electron chi connectivity index (χ3n) is 2.77. The summed E-state index contributed by atoms with van der Waals surface area (Å²) in [6.45, 7) is 3.00. The zero-order valence-electron chi connectivity index (χ0n) is 11.5. The van der Waals surface area contributed by atoms with Crippen molar-refractivity contribution in [2.75, 3.05) is 0 Å². The lowest BCUT2D eigenvalue weighted by molar-refractivity contribution is -0.386. The van der Waals surface area contributed by atoms with Gasteiger partial charge in [-0.1, -0.05) is 11.6 Å². The van der Waals surface area contributed by atoms with Gasteiger partial charge in [-0.05, 0) is 31.5 Å². The molecule has 0 amide bonds. The van der Waals surface area contributed by atoms with E-state index in [9.17, 15) is 18.9 Å². The lowest BCUT2D eigenvalue weighted by Crippen LogP contribution is -2.02. The maximum Gasteiger partial charge on any atom is 0.331 e. The third kappa shape index (κ3) is 3.28. The smallest absolute Gasteiger partial charge is 0.331 e. The molecule has 2 heterocycles. The molecule has 0 aromatic carbocycles. The fraction of sp³-hybridized carbons (Fsp3) is 0.231. The van der Waals surface area contributed by atoms with Crippen molar-refractivity contribution in [2.45, 2.75) is 20.3 Å². The van der Waals surface area contributed by atoms with Crippen LogP contribution in [0.1, 0.15) is 23.4 Å². The molecule has 9 heteroatoms. The van der Waals surface area contributed by atoms with Crippen molar-refractivity contribution in [1.29, 1.82) is 0 Å². The van der Waals surface area contributed by atoms with Crippen molar-refractivity contribution in [3.63, 3.8) is 0 Å². The Balaban J connectivity index is 2.48. The van der Waals surface area contributed by atoms with E-state index in [1.54, 1.807) is 0 Å². The first-order chi connectivity index (χ1) is 10.3. The minimum atomic E-state index is -2.72. The summed E-state index contributed by atoms with van der Waals surface area (Å²) in [6.07, 6.45) is -2.72. The SMILES string of the molecule is Cc1cc(C(F)F)nc(C)c1Oc1nc(Cl)ccc1[N+](=O)[O-]. The highest BCUT2D eigenvalue weighted by Gasteiger charge is 2.21. The lowest BCUT2D eigenvalue weighted by Gasteiger charge is -2.12. The first-order valence-electron chi connectivity index (χ1n) is 6.04. The van der Waals surface area contributed by atoms with Crippen LogP contribution in [0.25, 0.3) is 0 Å². The molecule has 0 aliphatic heterocycles. The van der Waals surface area contributed by atoms with E-state index < -0.39 is 17.0 Å². The summed E-state index contributed by atoms with van der Waals surface area (Å²) in [7, 11) is 0. The van der Waals surface area contributed by atoms with Crippen molar-refractivity contribution >= 4 is 17.3 Å². The number of ether oxygens (including phenoxy) is 1. The number of nitro groups is 1. The normalized spacial score (nSPS) is 10.8. The fourth-order valence-electron chi connectivity index (χ4n) is 1.84. The first-order valence-corrected chi connectivity index (χ1v) is 6.42. The Kier molecular flexibility index (Phi) is 4.51. The lowest BCUT2D eigenvalue weighted by atomic mass is 10.2. The van der Waals surface area contributed by atoms with E-state index in [0.29, 0.717) is 5.56 Å². The molecule has 22 heavy (non-hydrogen) atoms. The number of rotatable bonds is 4. The Bertz CT molecular complexity index is 717. The number of halogens is 3. The molecular formula is C13H10ClF2N3O3. The molecular weight excluding hydrogens is 320 g/mol. The van der Waals surface area contributed by atoms with Crippen LogP contribution in [0.3, 0.4) is 0 Å². The molecule has 0 bridgehead atoms. The number of aryl methyl sites for hydroxylation is 2. The predicted octanol–water partition coefficient (Wildman–Crippen LogP) is 4.38. The third-order valence-corrected chi connectivity index (χ3v) is 2.98. The molecule has 0 radical (unpaired) electrons. The zero-order chi connectivity index (χ0) is 16.4. The number of hydrogen-bond donors (Lipinski definition) is 0. The molecule has 0 aliphatic carbocycles. The molecule has 6 nitrogen and oxygen atoms in total. The van der Waals surface area contributed by atoms with Gasteiger partial charge >= 0.3 is 11.6 Å². The Labute approximate surface area is 128 Å². The van der Waals surface area contributed by atoms with Gasteiger partial charge in [0.1, 0.15) is 10.8 Å². The number of pyridine rings is 2. The first kappa shape index (κ1) is 16.0. The van der Waals surface area contributed by atoms with Crippen LogP contribution in [0, 0.1) is 24.0 Å². The van der Waals surface area contributed by atoms with Crippen LogP contribution in [0.4, 0.5) is 14.5 Å².